The number of alkyl halides is 3. The van der Waals surface area contributed by atoms with Crippen LogP contribution in [0.4, 0.5) is 28.9 Å². The van der Waals surface area contributed by atoms with Crippen molar-refractivity contribution in [2.45, 2.75) is 35.8 Å². The zero-order chi connectivity index (χ0) is 30.6. The van der Waals surface area contributed by atoms with Gasteiger partial charge in [0, 0.05) is 16.5 Å². The largest absolute Gasteiger partial charge is 0.418 e. The highest BCUT2D eigenvalue weighted by Gasteiger charge is 2.57. The zero-order valence-corrected chi connectivity index (χ0v) is 23.9. The quantitative estimate of drug-likeness (QED) is 0.223. The molecule has 4 aromatic rings. The van der Waals surface area contributed by atoms with Gasteiger partial charge in [-0.1, -0.05) is 65.6 Å². The lowest BCUT2D eigenvalue weighted by molar-refractivity contribution is -0.137. The summed E-state index contributed by atoms with van der Waals surface area (Å²) in [6.45, 7) is 1.41. The number of hydrogen-bond donors (Lipinski definition) is 1. The molecule has 220 valence electrons. The first-order valence-electron chi connectivity index (χ1n) is 13.0. The van der Waals surface area contributed by atoms with Crippen molar-refractivity contribution in [3.8, 4) is 0 Å². The van der Waals surface area contributed by atoms with Crippen molar-refractivity contribution < 1.29 is 31.9 Å². The fourth-order valence-corrected chi connectivity index (χ4v) is 8.25. The number of thioether (sulfide) groups is 1. The van der Waals surface area contributed by atoms with Crippen LogP contribution in [0.1, 0.15) is 27.5 Å². The average Bonchev–Trinajstić information content (AvgIpc) is 3.40. The zero-order valence-electron chi connectivity index (χ0n) is 22.2. The summed E-state index contributed by atoms with van der Waals surface area (Å²) in [5.41, 5.74) is 0.0350. The number of fused-ring (bicyclic) bond motifs is 2. The fourth-order valence-electron chi connectivity index (χ4n) is 5.48. The SMILES string of the molecule is Cc1ccccc1NC(=O)Cn1c2c(sc1=O)[C@H](c1ccc(F)cc1)C1C(=O)N(c3ccccc3C(F)(F)F)C(=O)C1S2. The lowest BCUT2D eigenvalue weighted by atomic mass is 9.83. The number of aryl methyl sites for hydroxylation is 1. The van der Waals surface area contributed by atoms with Crippen molar-refractivity contribution in [1.29, 1.82) is 0 Å². The molecule has 0 bridgehead atoms. The second-order valence-electron chi connectivity index (χ2n) is 10.1. The normalized spacial score (nSPS) is 19.7. The van der Waals surface area contributed by atoms with Crippen LogP contribution in [0, 0.1) is 18.7 Å². The van der Waals surface area contributed by atoms with E-state index in [0.717, 1.165) is 40.8 Å². The number of carbonyl (C=O) groups is 3. The minimum Gasteiger partial charge on any atom is -0.324 e. The Kier molecular flexibility index (Phi) is 7.25. The lowest BCUT2D eigenvalue weighted by Gasteiger charge is -2.30. The first kappa shape index (κ1) is 28.9. The molecule has 0 spiro atoms. The van der Waals surface area contributed by atoms with E-state index in [1.54, 1.807) is 12.1 Å². The number of thiazole rings is 1. The molecule has 2 aliphatic rings. The number of imide groups is 1. The number of nitrogens with one attached hydrogen (secondary N) is 1. The highest BCUT2D eigenvalue weighted by molar-refractivity contribution is 8.00. The predicted octanol–water partition coefficient (Wildman–Crippen LogP) is 5.81. The number of rotatable bonds is 5. The van der Waals surface area contributed by atoms with E-state index < -0.39 is 69.5 Å². The van der Waals surface area contributed by atoms with Crippen LogP contribution in [-0.2, 0) is 27.1 Å². The molecule has 0 aliphatic carbocycles. The molecule has 2 aliphatic heterocycles. The number of hydrogen-bond acceptors (Lipinski definition) is 6. The third-order valence-corrected chi connectivity index (χ3v) is 10.1. The number of aromatic nitrogens is 1. The summed E-state index contributed by atoms with van der Waals surface area (Å²) < 4.78 is 56.8. The summed E-state index contributed by atoms with van der Waals surface area (Å²) in [4.78, 5) is 54.4. The van der Waals surface area contributed by atoms with Crippen molar-refractivity contribution in [1.82, 2.24) is 4.57 Å². The molecule has 7 nitrogen and oxygen atoms in total. The van der Waals surface area contributed by atoms with Crippen molar-refractivity contribution >= 4 is 52.2 Å². The van der Waals surface area contributed by atoms with Gasteiger partial charge in [-0.15, -0.1) is 0 Å². The number of benzene rings is 3. The third-order valence-electron chi connectivity index (χ3n) is 7.45. The molecular formula is C30H21F4N3O4S2. The van der Waals surface area contributed by atoms with Gasteiger partial charge in [0.15, 0.2) is 0 Å². The van der Waals surface area contributed by atoms with Gasteiger partial charge in [0.2, 0.25) is 17.7 Å². The van der Waals surface area contributed by atoms with Gasteiger partial charge in [-0.2, -0.15) is 13.2 Å². The van der Waals surface area contributed by atoms with E-state index in [2.05, 4.69) is 5.32 Å². The minimum absolute atomic E-state index is 0.262. The van der Waals surface area contributed by atoms with Crippen LogP contribution in [-0.4, -0.2) is 27.5 Å². The number of halogens is 4. The molecule has 1 fully saturated rings. The fraction of sp³-hybridized carbons (Fsp3) is 0.200. The molecule has 3 amide bonds. The van der Waals surface area contributed by atoms with Gasteiger partial charge in [0.05, 0.1) is 22.2 Å². The molecule has 43 heavy (non-hydrogen) atoms. The van der Waals surface area contributed by atoms with Crippen LogP contribution in [0.2, 0.25) is 0 Å². The number of carbonyl (C=O) groups excluding carboxylic acids is 3. The van der Waals surface area contributed by atoms with Crippen molar-refractivity contribution in [2.24, 2.45) is 5.92 Å². The topological polar surface area (TPSA) is 88.5 Å². The molecule has 3 heterocycles. The number of nitrogens with zero attached hydrogens (tertiary/aromatic N) is 2. The van der Waals surface area contributed by atoms with E-state index in [1.165, 1.54) is 41.0 Å². The van der Waals surface area contributed by atoms with Gasteiger partial charge in [0.25, 0.3) is 0 Å². The maximum atomic E-state index is 13.9. The summed E-state index contributed by atoms with van der Waals surface area (Å²) in [6, 6.07) is 16.6. The molecule has 0 saturated carbocycles. The molecule has 1 aromatic heterocycles. The Morgan fingerprint density at radius 1 is 0.930 bits per heavy atom. The summed E-state index contributed by atoms with van der Waals surface area (Å²) in [5.74, 6) is -4.91. The molecule has 3 atom stereocenters. The highest BCUT2D eigenvalue weighted by Crippen LogP contribution is 2.54. The van der Waals surface area contributed by atoms with E-state index in [0.29, 0.717) is 21.0 Å². The Labute approximate surface area is 250 Å². The van der Waals surface area contributed by atoms with Crippen LogP contribution in [0.25, 0.3) is 0 Å². The monoisotopic (exact) mass is 627 g/mol. The van der Waals surface area contributed by atoms with E-state index in [-0.39, 0.29) is 5.03 Å². The van der Waals surface area contributed by atoms with Gasteiger partial charge >= 0.3 is 11.0 Å². The van der Waals surface area contributed by atoms with Crippen LogP contribution >= 0.6 is 23.1 Å². The number of anilines is 2. The highest BCUT2D eigenvalue weighted by atomic mass is 32.2. The summed E-state index contributed by atoms with van der Waals surface area (Å²) in [5, 5.41) is 1.83. The number of amides is 3. The smallest absolute Gasteiger partial charge is 0.324 e. The second-order valence-corrected chi connectivity index (χ2v) is 12.2. The Balaban J connectivity index is 1.44. The van der Waals surface area contributed by atoms with Crippen LogP contribution in [0.3, 0.4) is 0 Å². The Morgan fingerprint density at radius 2 is 1.60 bits per heavy atom. The summed E-state index contributed by atoms with van der Waals surface area (Å²) in [7, 11) is 0. The third kappa shape index (κ3) is 5.06. The van der Waals surface area contributed by atoms with E-state index in [9.17, 15) is 36.7 Å². The first-order chi connectivity index (χ1) is 20.5. The van der Waals surface area contributed by atoms with Crippen LogP contribution < -0.4 is 15.1 Å². The second kappa shape index (κ2) is 10.8. The maximum Gasteiger partial charge on any atom is 0.418 e. The van der Waals surface area contributed by atoms with E-state index >= 15 is 0 Å². The van der Waals surface area contributed by atoms with Crippen molar-refractivity contribution in [3.05, 3.63) is 110 Å². The molecule has 0 radical (unpaired) electrons. The van der Waals surface area contributed by atoms with Gasteiger partial charge in [-0.25, -0.2) is 9.29 Å². The molecule has 6 rings (SSSR count). The van der Waals surface area contributed by atoms with Gasteiger partial charge in [0.1, 0.15) is 17.6 Å². The Bertz CT molecular complexity index is 1830. The van der Waals surface area contributed by atoms with Gasteiger partial charge < -0.3 is 5.32 Å². The standard InChI is InChI=1S/C30H21F4N3O4S2/c1-15-6-2-4-8-19(15)35-21(38)14-36-28-25(43-29(36)41)22(16-10-12-17(31)13-11-16)23-24(42-28)27(40)37(26(23)39)20-9-5-3-7-18(20)30(32,33)34/h2-13,22-24H,14H2,1H3,(H,35,38)/t22-,23?,24?/m1/s1. The van der Waals surface area contributed by atoms with Gasteiger partial charge in [-0.05, 0) is 48.4 Å². The van der Waals surface area contributed by atoms with Crippen molar-refractivity contribution in [2.75, 3.05) is 10.2 Å². The molecular weight excluding hydrogens is 606 g/mol. The summed E-state index contributed by atoms with van der Waals surface area (Å²) >= 11 is 1.66. The summed E-state index contributed by atoms with van der Waals surface area (Å²) in [6.07, 6.45) is -4.84. The van der Waals surface area contributed by atoms with E-state index in [4.69, 9.17) is 0 Å². The average molecular weight is 628 g/mol. The molecule has 1 saturated heterocycles. The predicted molar refractivity (Wildman–Crippen MR) is 154 cm³/mol. The van der Waals surface area contributed by atoms with Crippen LogP contribution in [0.5, 0.6) is 0 Å². The molecule has 3 aromatic carbocycles. The molecule has 13 heteroatoms. The maximum absolute atomic E-state index is 13.9. The van der Waals surface area contributed by atoms with Crippen molar-refractivity contribution in [3.63, 3.8) is 0 Å². The Hall–Kier alpha value is -4.23. The first-order valence-corrected chi connectivity index (χ1v) is 14.7. The van der Waals surface area contributed by atoms with Crippen LogP contribution in [0.15, 0.2) is 82.6 Å². The van der Waals surface area contributed by atoms with E-state index in [1.807, 2.05) is 19.1 Å². The number of para-hydroxylation sites is 2. The molecule has 1 N–H and O–H groups in total. The lowest BCUT2D eigenvalue weighted by Crippen LogP contribution is -2.33. The molecule has 2 unspecified atom stereocenters. The van der Waals surface area contributed by atoms with Gasteiger partial charge in [-0.3, -0.25) is 23.7 Å². The minimum atomic E-state index is -4.84. The Morgan fingerprint density at radius 3 is 2.30 bits per heavy atom.